The summed E-state index contributed by atoms with van der Waals surface area (Å²) in [6.45, 7) is 0. The molecule has 0 saturated heterocycles. The van der Waals surface area contributed by atoms with Gasteiger partial charge in [-0.15, -0.1) is 0 Å². The third-order valence-electron chi connectivity index (χ3n) is 2.45. The number of carbonyl (C=O) groups is 1. The van der Waals surface area contributed by atoms with E-state index in [-0.39, 0.29) is 15.8 Å². The van der Waals surface area contributed by atoms with Crippen LogP contribution in [0.3, 0.4) is 0 Å². The Morgan fingerprint density at radius 2 is 1.72 bits per heavy atom. The van der Waals surface area contributed by atoms with Crippen LogP contribution in [0.25, 0.3) is 0 Å². The number of nitrogens with two attached hydrogens (primary N) is 1. The van der Waals surface area contributed by atoms with Gasteiger partial charge < -0.3 is 5.73 Å². The SMILES string of the molecule is Nc1cccc(C(=O)c2ccc(Cl)cc2Cl)c1Cl. The maximum Gasteiger partial charge on any atom is 0.196 e. The summed E-state index contributed by atoms with van der Waals surface area (Å²) in [7, 11) is 0. The molecule has 2 rings (SSSR count). The number of anilines is 1. The molecule has 2 aromatic carbocycles. The molecule has 0 aliphatic heterocycles. The predicted molar refractivity (Wildman–Crippen MR) is 75.8 cm³/mol. The third-order valence-corrected chi connectivity index (χ3v) is 3.42. The van der Waals surface area contributed by atoms with E-state index < -0.39 is 0 Å². The van der Waals surface area contributed by atoms with Gasteiger partial charge in [0.2, 0.25) is 0 Å². The van der Waals surface area contributed by atoms with Crippen molar-refractivity contribution in [3.05, 3.63) is 62.6 Å². The van der Waals surface area contributed by atoms with Crippen molar-refractivity contribution in [2.75, 3.05) is 5.73 Å². The monoisotopic (exact) mass is 299 g/mol. The van der Waals surface area contributed by atoms with Gasteiger partial charge in [0, 0.05) is 16.1 Å². The van der Waals surface area contributed by atoms with Crippen LogP contribution in [0, 0.1) is 0 Å². The minimum atomic E-state index is -0.283. The number of ketones is 1. The molecule has 0 aliphatic carbocycles. The van der Waals surface area contributed by atoms with E-state index in [9.17, 15) is 4.79 Å². The molecule has 0 heterocycles. The van der Waals surface area contributed by atoms with Gasteiger partial charge >= 0.3 is 0 Å². The van der Waals surface area contributed by atoms with Gasteiger partial charge in [-0.25, -0.2) is 0 Å². The molecule has 0 spiro atoms. The Labute approximate surface area is 119 Å². The van der Waals surface area contributed by atoms with Crippen LogP contribution in [0.15, 0.2) is 36.4 Å². The van der Waals surface area contributed by atoms with E-state index in [0.717, 1.165) is 0 Å². The lowest BCUT2D eigenvalue weighted by Gasteiger charge is -2.07. The molecule has 0 aliphatic rings. The van der Waals surface area contributed by atoms with Crippen molar-refractivity contribution < 1.29 is 4.79 Å². The molecule has 0 amide bonds. The van der Waals surface area contributed by atoms with E-state index in [0.29, 0.717) is 21.8 Å². The van der Waals surface area contributed by atoms with Crippen LogP contribution in [-0.2, 0) is 0 Å². The lowest BCUT2D eigenvalue weighted by Crippen LogP contribution is -2.04. The number of nitrogen functional groups attached to an aromatic ring is 1. The Morgan fingerprint density at radius 1 is 1.00 bits per heavy atom. The highest BCUT2D eigenvalue weighted by molar-refractivity contribution is 6.40. The van der Waals surface area contributed by atoms with Gasteiger partial charge in [0.05, 0.1) is 15.7 Å². The van der Waals surface area contributed by atoms with Crippen LogP contribution in [-0.4, -0.2) is 5.78 Å². The lowest BCUT2D eigenvalue weighted by molar-refractivity contribution is 0.103. The number of hydrogen-bond donors (Lipinski definition) is 1. The normalized spacial score (nSPS) is 10.4. The van der Waals surface area contributed by atoms with E-state index in [1.54, 1.807) is 30.3 Å². The molecule has 18 heavy (non-hydrogen) atoms. The second kappa shape index (κ2) is 5.19. The highest BCUT2D eigenvalue weighted by Crippen LogP contribution is 2.28. The summed E-state index contributed by atoms with van der Waals surface area (Å²) in [5.74, 6) is -0.283. The fourth-order valence-electron chi connectivity index (χ4n) is 1.54. The number of hydrogen-bond acceptors (Lipinski definition) is 2. The second-order valence-corrected chi connectivity index (χ2v) is 4.88. The molecule has 0 unspecified atom stereocenters. The van der Waals surface area contributed by atoms with Crippen LogP contribution in [0.2, 0.25) is 15.1 Å². The smallest absolute Gasteiger partial charge is 0.196 e. The highest BCUT2D eigenvalue weighted by Gasteiger charge is 2.17. The molecular formula is C13H8Cl3NO. The van der Waals surface area contributed by atoms with E-state index in [1.807, 2.05) is 0 Å². The lowest BCUT2D eigenvalue weighted by atomic mass is 10.0. The van der Waals surface area contributed by atoms with Crippen molar-refractivity contribution >= 4 is 46.3 Å². The van der Waals surface area contributed by atoms with Gasteiger partial charge in [-0.05, 0) is 30.3 Å². The molecule has 5 heteroatoms. The Morgan fingerprint density at radius 3 is 2.39 bits per heavy atom. The van der Waals surface area contributed by atoms with Crippen LogP contribution in [0.1, 0.15) is 15.9 Å². The average Bonchev–Trinajstić information content (AvgIpc) is 2.32. The van der Waals surface area contributed by atoms with Gasteiger partial charge in [-0.2, -0.15) is 0 Å². The van der Waals surface area contributed by atoms with E-state index in [4.69, 9.17) is 40.5 Å². The van der Waals surface area contributed by atoms with Gasteiger partial charge in [0.15, 0.2) is 5.78 Å². The molecule has 0 aromatic heterocycles. The van der Waals surface area contributed by atoms with Crippen LogP contribution in [0.5, 0.6) is 0 Å². The quantitative estimate of drug-likeness (QED) is 0.657. The van der Waals surface area contributed by atoms with Gasteiger partial charge in [-0.3, -0.25) is 4.79 Å². The number of rotatable bonds is 2. The fourth-order valence-corrected chi connectivity index (χ4v) is 2.25. The van der Waals surface area contributed by atoms with Crippen molar-refractivity contribution in [1.82, 2.24) is 0 Å². The van der Waals surface area contributed by atoms with Crippen LogP contribution < -0.4 is 5.73 Å². The molecule has 0 bridgehead atoms. The van der Waals surface area contributed by atoms with Crippen molar-refractivity contribution in [2.45, 2.75) is 0 Å². The molecular weight excluding hydrogens is 293 g/mol. The standard InChI is InChI=1S/C13H8Cl3NO/c14-7-4-5-8(10(15)6-7)13(18)9-2-1-3-11(17)12(9)16/h1-6H,17H2. The van der Waals surface area contributed by atoms with E-state index in [2.05, 4.69) is 0 Å². The zero-order valence-corrected chi connectivity index (χ0v) is 11.4. The summed E-state index contributed by atoms with van der Waals surface area (Å²) in [6.07, 6.45) is 0. The summed E-state index contributed by atoms with van der Waals surface area (Å²) >= 11 is 17.8. The largest absolute Gasteiger partial charge is 0.398 e. The van der Waals surface area contributed by atoms with Gasteiger partial charge in [-0.1, -0.05) is 40.9 Å². The van der Waals surface area contributed by atoms with E-state index >= 15 is 0 Å². The van der Waals surface area contributed by atoms with Crippen LogP contribution >= 0.6 is 34.8 Å². The number of benzene rings is 2. The molecule has 0 saturated carbocycles. The Hall–Kier alpha value is -1.22. The number of carbonyl (C=O) groups excluding carboxylic acids is 1. The van der Waals surface area contributed by atoms with Gasteiger partial charge in [0.25, 0.3) is 0 Å². The predicted octanol–water partition coefficient (Wildman–Crippen LogP) is 4.46. The molecule has 0 atom stereocenters. The van der Waals surface area contributed by atoms with Crippen molar-refractivity contribution in [3.8, 4) is 0 Å². The molecule has 92 valence electrons. The maximum atomic E-state index is 12.3. The Balaban J connectivity index is 2.51. The van der Waals surface area contributed by atoms with Crippen molar-refractivity contribution in [1.29, 1.82) is 0 Å². The average molecular weight is 301 g/mol. The van der Waals surface area contributed by atoms with Crippen molar-refractivity contribution in [3.63, 3.8) is 0 Å². The molecule has 2 N–H and O–H groups in total. The second-order valence-electron chi connectivity index (χ2n) is 3.66. The molecule has 2 nitrogen and oxygen atoms in total. The molecule has 0 fully saturated rings. The third kappa shape index (κ3) is 2.46. The summed E-state index contributed by atoms with van der Waals surface area (Å²) in [6, 6.07) is 9.57. The minimum Gasteiger partial charge on any atom is -0.398 e. The summed E-state index contributed by atoms with van der Waals surface area (Å²) in [4.78, 5) is 12.3. The zero-order chi connectivity index (χ0) is 13.3. The van der Waals surface area contributed by atoms with E-state index in [1.165, 1.54) is 6.07 Å². The fraction of sp³-hybridized carbons (Fsp3) is 0. The Kier molecular flexibility index (Phi) is 3.81. The minimum absolute atomic E-state index is 0.230. The summed E-state index contributed by atoms with van der Waals surface area (Å²) in [5, 5.41) is 0.981. The molecule has 2 aromatic rings. The van der Waals surface area contributed by atoms with Crippen LogP contribution in [0.4, 0.5) is 5.69 Å². The summed E-state index contributed by atoms with van der Waals surface area (Å²) < 4.78 is 0. The van der Waals surface area contributed by atoms with Crippen molar-refractivity contribution in [2.24, 2.45) is 0 Å². The maximum absolute atomic E-state index is 12.3. The first kappa shape index (κ1) is 13.2. The van der Waals surface area contributed by atoms with Gasteiger partial charge in [0.1, 0.15) is 0 Å². The topological polar surface area (TPSA) is 43.1 Å². The first-order valence-electron chi connectivity index (χ1n) is 5.04. The first-order chi connectivity index (χ1) is 8.50. The summed E-state index contributed by atoms with van der Waals surface area (Å²) in [5.41, 5.74) is 6.68. The molecule has 0 radical (unpaired) electrons. The highest BCUT2D eigenvalue weighted by atomic mass is 35.5. The Bertz CT molecular complexity index is 626. The zero-order valence-electron chi connectivity index (χ0n) is 9.08. The number of halogens is 3. The first-order valence-corrected chi connectivity index (χ1v) is 6.18.